The number of benzene rings is 1. The van der Waals surface area contributed by atoms with Gasteiger partial charge in [0, 0.05) is 5.56 Å². The summed E-state index contributed by atoms with van der Waals surface area (Å²) >= 11 is 0. The van der Waals surface area contributed by atoms with E-state index in [-0.39, 0.29) is 13.2 Å². The lowest BCUT2D eigenvalue weighted by molar-refractivity contribution is -0.159. The van der Waals surface area contributed by atoms with Crippen molar-refractivity contribution >= 4 is 23.8 Å². The van der Waals surface area contributed by atoms with Crippen LogP contribution in [0.4, 0.5) is 13.2 Å². The molecule has 0 aliphatic heterocycles. The number of rotatable bonds is 9. The molecule has 0 aromatic heterocycles. The van der Waals surface area contributed by atoms with E-state index in [0.29, 0.717) is 6.07 Å². The molecule has 8 nitrogen and oxygen atoms in total. The van der Waals surface area contributed by atoms with Crippen LogP contribution < -0.4 is 5.32 Å². The lowest BCUT2D eigenvalue weighted by Crippen LogP contribution is -2.49. The zero-order valence-electron chi connectivity index (χ0n) is 15.6. The van der Waals surface area contributed by atoms with Crippen molar-refractivity contribution in [2.45, 2.75) is 32.5 Å². The minimum absolute atomic E-state index is 0.0251. The molecule has 1 aromatic rings. The quantitative estimate of drug-likeness (QED) is 0.588. The molecule has 0 saturated heterocycles. The first-order chi connectivity index (χ1) is 13.5. The summed E-state index contributed by atoms with van der Waals surface area (Å²) in [6, 6.07) is 1.39. The SMILES string of the molecule is CCOC(=O)C[C@@H](C(=O)OCC)[C@H](NC(=O)c1cccc(C(F)(F)F)c1)C(=O)O. The Bertz CT molecular complexity index is 764. The van der Waals surface area contributed by atoms with E-state index < -0.39 is 59.5 Å². The van der Waals surface area contributed by atoms with Crippen molar-refractivity contribution in [3.63, 3.8) is 0 Å². The maximum absolute atomic E-state index is 12.8. The minimum atomic E-state index is -4.71. The summed E-state index contributed by atoms with van der Waals surface area (Å²) in [7, 11) is 0. The van der Waals surface area contributed by atoms with Crippen LogP contribution in [-0.4, -0.2) is 48.2 Å². The van der Waals surface area contributed by atoms with E-state index in [1.54, 1.807) is 0 Å². The van der Waals surface area contributed by atoms with E-state index in [9.17, 15) is 37.5 Å². The molecular weight excluding hydrogens is 399 g/mol. The van der Waals surface area contributed by atoms with Gasteiger partial charge in [-0.2, -0.15) is 13.2 Å². The number of carboxylic acid groups (broad SMARTS) is 1. The third-order valence-electron chi connectivity index (χ3n) is 3.69. The number of carboxylic acids is 1. The molecule has 1 rings (SSSR count). The molecule has 1 aromatic carbocycles. The predicted molar refractivity (Wildman–Crippen MR) is 91.7 cm³/mol. The van der Waals surface area contributed by atoms with E-state index in [1.807, 2.05) is 5.32 Å². The first-order valence-electron chi connectivity index (χ1n) is 8.54. The van der Waals surface area contributed by atoms with Crippen molar-refractivity contribution in [3.05, 3.63) is 35.4 Å². The molecule has 0 heterocycles. The number of hydrogen-bond acceptors (Lipinski definition) is 6. The fraction of sp³-hybridized carbons (Fsp3) is 0.444. The predicted octanol–water partition coefficient (Wildman–Crippen LogP) is 2.02. The zero-order valence-corrected chi connectivity index (χ0v) is 15.6. The highest BCUT2D eigenvalue weighted by Gasteiger charge is 2.38. The zero-order chi connectivity index (χ0) is 22.2. The van der Waals surface area contributed by atoms with Gasteiger partial charge in [0.15, 0.2) is 0 Å². The number of halogens is 3. The van der Waals surface area contributed by atoms with Gasteiger partial charge in [0.05, 0.1) is 31.1 Å². The molecule has 11 heteroatoms. The van der Waals surface area contributed by atoms with Crippen LogP contribution in [-0.2, 0) is 30.0 Å². The molecule has 0 fully saturated rings. The van der Waals surface area contributed by atoms with Gasteiger partial charge in [-0.05, 0) is 32.0 Å². The summed E-state index contributed by atoms with van der Waals surface area (Å²) in [6.07, 6.45) is -5.41. The molecule has 0 aliphatic carbocycles. The summed E-state index contributed by atoms with van der Waals surface area (Å²) < 4.78 is 47.9. The third kappa shape index (κ3) is 7.09. The molecule has 160 valence electrons. The second-order valence-electron chi connectivity index (χ2n) is 5.74. The average Bonchev–Trinajstić information content (AvgIpc) is 2.64. The van der Waals surface area contributed by atoms with Crippen molar-refractivity contribution in [3.8, 4) is 0 Å². The van der Waals surface area contributed by atoms with Gasteiger partial charge < -0.3 is 19.9 Å². The fourth-order valence-electron chi connectivity index (χ4n) is 2.38. The molecule has 0 unspecified atom stereocenters. The first-order valence-corrected chi connectivity index (χ1v) is 8.54. The molecule has 2 atom stereocenters. The van der Waals surface area contributed by atoms with E-state index in [1.165, 1.54) is 13.8 Å². The van der Waals surface area contributed by atoms with Gasteiger partial charge in [0.25, 0.3) is 5.91 Å². The van der Waals surface area contributed by atoms with Gasteiger partial charge in [-0.25, -0.2) is 4.79 Å². The Hall–Kier alpha value is -3.11. The third-order valence-corrected chi connectivity index (χ3v) is 3.69. The van der Waals surface area contributed by atoms with Crippen LogP contribution in [0.1, 0.15) is 36.2 Å². The second kappa shape index (κ2) is 10.4. The molecule has 0 saturated carbocycles. The molecule has 0 radical (unpaired) electrons. The van der Waals surface area contributed by atoms with Crippen LogP contribution in [0, 0.1) is 5.92 Å². The Morgan fingerprint density at radius 1 is 1.10 bits per heavy atom. The van der Waals surface area contributed by atoms with Crippen molar-refractivity contribution in [2.24, 2.45) is 5.92 Å². The Kier molecular flexibility index (Phi) is 8.61. The van der Waals surface area contributed by atoms with Gasteiger partial charge in [-0.3, -0.25) is 14.4 Å². The molecule has 0 bridgehead atoms. The van der Waals surface area contributed by atoms with Crippen LogP contribution in [0.2, 0.25) is 0 Å². The Labute approximate surface area is 164 Å². The highest BCUT2D eigenvalue weighted by molar-refractivity contribution is 5.98. The van der Waals surface area contributed by atoms with Crippen molar-refractivity contribution in [2.75, 3.05) is 13.2 Å². The van der Waals surface area contributed by atoms with Crippen molar-refractivity contribution in [1.82, 2.24) is 5.32 Å². The summed E-state index contributed by atoms with van der Waals surface area (Å²) in [5, 5.41) is 11.4. The highest BCUT2D eigenvalue weighted by Crippen LogP contribution is 2.29. The fourth-order valence-corrected chi connectivity index (χ4v) is 2.38. The highest BCUT2D eigenvalue weighted by atomic mass is 19.4. The molecule has 1 amide bonds. The van der Waals surface area contributed by atoms with E-state index in [4.69, 9.17) is 9.47 Å². The smallest absolute Gasteiger partial charge is 0.416 e. The normalized spacial score (nSPS) is 13.1. The summed E-state index contributed by atoms with van der Waals surface area (Å²) in [5.74, 6) is -6.45. The number of aliphatic carboxylic acids is 1. The topological polar surface area (TPSA) is 119 Å². The molecular formula is C18H20F3NO7. The largest absolute Gasteiger partial charge is 0.480 e. The number of carbonyl (C=O) groups is 4. The Morgan fingerprint density at radius 3 is 2.24 bits per heavy atom. The Morgan fingerprint density at radius 2 is 1.72 bits per heavy atom. The second-order valence-corrected chi connectivity index (χ2v) is 5.74. The Balaban J connectivity index is 3.15. The minimum Gasteiger partial charge on any atom is -0.480 e. The maximum Gasteiger partial charge on any atom is 0.416 e. The van der Waals surface area contributed by atoms with E-state index in [2.05, 4.69) is 0 Å². The summed E-state index contributed by atoms with van der Waals surface area (Å²) in [6.45, 7) is 2.81. The maximum atomic E-state index is 12.8. The summed E-state index contributed by atoms with van der Waals surface area (Å²) in [4.78, 5) is 47.8. The molecule has 29 heavy (non-hydrogen) atoms. The van der Waals surface area contributed by atoms with Crippen LogP contribution >= 0.6 is 0 Å². The number of amides is 1. The van der Waals surface area contributed by atoms with Gasteiger partial charge in [-0.1, -0.05) is 6.07 Å². The lowest BCUT2D eigenvalue weighted by Gasteiger charge is -2.23. The molecule has 0 aliphatic rings. The van der Waals surface area contributed by atoms with E-state index >= 15 is 0 Å². The van der Waals surface area contributed by atoms with Crippen molar-refractivity contribution < 1.29 is 46.9 Å². The standard InChI is InChI=1S/C18H20F3NO7/c1-3-28-13(23)9-12(17(27)29-4-2)14(16(25)26)22-15(24)10-6-5-7-11(8-10)18(19,20)21/h5-8,12,14H,3-4,9H2,1-2H3,(H,22,24)(H,25,26)/t12-,14+/m1/s1. The molecule has 2 N–H and O–H groups in total. The monoisotopic (exact) mass is 419 g/mol. The number of nitrogens with one attached hydrogen (secondary N) is 1. The van der Waals surface area contributed by atoms with Crippen LogP contribution in [0.3, 0.4) is 0 Å². The van der Waals surface area contributed by atoms with Crippen LogP contribution in [0.15, 0.2) is 24.3 Å². The van der Waals surface area contributed by atoms with Gasteiger partial charge in [0.2, 0.25) is 0 Å². The van der Waals surface area contributed by atoms with Crippen LogP contribution in [0.5, 0.6) is 0 Å². The van der Waals surface area contributed by atoms with E-state index in [0.717, 1.165) is 18.2 Å². The van der Waals surface area contributed by atoms with Crippen LogP contribution in [0.25, 0.3) is 0 Å². The average molecular weight is 419 g/mol. The number of carbonyl (C=O) groups excluding carboxylic acids is 3. The first kappa shape index (κ1) is 23.9. The van der Waals surface area contributed by atoms with Gasteiger partial charge in [0.1, 0.15) is 6.04 Å². The number of ether oxygens (including phenoxy) is 2. The van der Waals surface area contributed by atoms with Gasteiger partial charge >= 0.3 is 24.1 Å². The molecule has 0 spiro atoms. The van der Waals surface area contributed by atoms with Crippen molar-refractivity contribution in [1.29, 1.82) is 0 Å². The number of alkyl halides is 3. The number of esters is 2. The number of hydrogen-bond donors (Lipinski definition) is 2. The summed E-state index contributed by atoms with van der Waals surface area (Å²) in [5.41, 5.74) is -1.57. The van der Waals surface area contributed by atoms with Gasteiger partial charge in [-0.15, -0.1) is 0 Å². The lowest BCUT2D eigenvalue weighted by atomic mass is 9.95.